The molecule has 4 heteroatoms. The molecule has 0 fully saturated rings. The molecule has 1 aromatic rings. The summed E-state index contributed by atoms with van der Waals surface area (Å²) in [4.78, 5) is 0. The predicted molar refractivity (Wildman–Crippen MR) is 74.6 cm³/mol. The van der Waals surface area contributed by atoms with Gasteiger partial charge in [0.1, 0.15) is 0 Å². The Kier molecular flexibility index (Phi) is 6.66. The van der Waals surface area contributed by atoms with Crippen LogP contribution in [0, 0.1) is 0 Å². The van der Waals surface area contributed by atoms with Gasteiger partial charge in [-0.1, -0.05) is 13.8 Å². The Morgan fingerprint density at radius 2 is 2.24 bits per heavy atom. The molecular formula is C13H24N2OS. The van der Waals surface area contributed by atoms with Gasteiger partial charge in [0.25, 0.3) is 0 Å². The number of rotatable bonds is 8. The van der Waals surface area contributed by atoms with Crippen molar-refractivity contribution in [1.29, 1.82) is 0 Å². The SMILES string of the molecule is CCSCCC(O)Cc1ccn(C(C)CC)n1. The molecule has 0 aliphatic heterocycles. The third-order valence-corrected chi connectivity index (χ3v) is 3.88. The van der Waals surface area contributed by atoms with Crippen LogP contribution in [-0.4, -0.2) is 32.5 Å². The minimum absolute atomic E-state index is 0.255. The molecular weight excluding hydrogens is 232 g/mol. The summed E-state index contributed by atoms with van der Waals surface area (Å²) in [6, 6.07) is 2.46. The van der Waals surface area contributed by atoms with E-state index >= 15 is 0 Å². The van der Waals surface area contributed by atoms with Crippen LogP contribution in [0.5, 0.6) is 0 Å². The predicted octanol–water partition coefficient (Wildman–Crippen LogP) is 2.90. The van der Waals surface area contributed by atoms with Crippen LogP contribution in [-0.2, 0) is 6.42 Å². The number of thioether (sulfide) groups is 1. The summed E-state index contributed by atoms with van der Waals surface area (Å²) in [5.41, 5.74) is 0.999. The van der Waals surface area contributed by atoms with E-state index in [-0.39, 0.29) is 6.10 Å². The number of aliphatic hydroxyl groups is 1. The summed E-state index contributed by atoms with van der Waals surface area (Å²) >= 11 is 1.88. The second-order valence-electron chi connectivity index (χ2n) is 4.39. The van der Waals surface area contributed by atoms with E-state index in [0.717, 1.165) is 30.0 Å². The highest BCUT2D eigenvalue weighted by Crippen LogP contribution is 2.12. The van der Waals surface area contributed by atoms with Gasteiger partial charge in [-0.3, -0.25) is 4.68 Å². The molecule has 1 aromatic heterocycles. The Balaban J connectivity index is 2.37. The van der Waals surface area contributed by atoms with Crippen molar-refractivity contribution in [2.45, 2.75) is 52.2 Å². The van der Waals surface area contributed by atoms with E-state index in [4.69, 9.17) is 0 Å². The molecule has 1 rings (SSSR count). The van der Waals surface area contributed by atoms with E-state index in [1.165, 1.54) is 0 Å². The average Bonchev–Trinajstić information content (AvgIpc) is 2.77. The summed E-state index contributed by atoms with van der Waals surface area (Å²) < 4.78 is 1.99. The smallest absolute Gasteiger partial charge is 0.0650 e. The molecule has 98 valence electrons. The third kappa shape index (κ3) is 5.13. The zero-order valence-corrected chi connectivity index (χ0v) is 11.9. The van der Waals surface area contributed by atoms with Crippen LogP contribution in [0.25, 0.3) is 0 Å². The summed E-state index contributed by atoms with van der Waals surface area (Å²) in [5.74, 6) is 2.15. The van der Waals surface area contributed by atoms with E-state index in [1.54, 1.807) is 0 Å². The standard InChI is InChI=1S/C13H24N2OS/c1-4-11(3)15-8-6-12(14-15)10-13(16)7-9-17-5-2/h6,8,11,13,16H,4-5,7,9-10H2,1-3H3. The largest absolute Gasteiger partial charge is 0.393 e. The molecule has 0 bridgehead atoms. The van der Waals surface area contributed by atoms with Crippen molar-refractivity contribution in [2.24, 2.45) is 0 Å². The van der Waals surface area contributed by atoms with Crippen molar-refractivity contribution < 1.29 is 5.11 Å². The molecule has 0 saturated heterocycles. The quantitative estimate of drug-likeness (QED) is 0.727. The lowest BCUT2D eigenvalue weighted by atomic mass is 10.1. The van der Waals surface area contributed by atoms with Gasteiger partial charge in [-0.05, 0) is 37.3 Å². The van der Waals surface area contributed by atoms with Gasteiger partial charge in [-0.2, -0.15) is 16.9 Å². The summed E-state index contributed by atoms with van der Waals surface area (Å²) in [6.07, 6.45) is 4.37. The highest BCUT2D eigenvalue weighted by atomic mass is 32.2. The molecule has 1 heterocycles. The zero-order chi connectivity index (χ0) is 12.7. The molecule has 0 amide bonds. The molecule has 0 aliphatic carbocycles. The second kappa shape index (κ2) is 7.77. The Hall–Kier alpha value is -0.480. The van der Waals surface area contributed by atoms with Crippen LogP contribution >= 0.6 is 11.8 Å². The highest BCUT2D eigenvalue weighted by molar-refractivity contribution is 7.99. The lowest BCUT2D eigenvalue weighted by Gasteiger charge is -2.10. The van der Waals surface area contributed by atoms with Crippen molar-refractivity contribution in [3.05, 3.63) is 18.0 Å². The number of nitrogens with zero attached hydrogens (tertiary/aromatic N) is 2. The fraction of sp³-hybridized carbons (Fsp3) is 0.769. The van der Waals surface area contributed by atoms with Crippen LogP contribution in [0.15, 0.2) is 12.3 Å². The summed E-state index contributed by atoms with van der Waals surface area (Å²) in [6.45, 7) is 6.46. The fourth-order valence-corrected chi connectivity index (χ4v) is 2.35. The highest BCUT2D eigenvalue weighted by Gasteiger charge is 2.09. The molecule has 2 atom stereocenters. The molecule has 0 saturated carbocycles. The van der Waals surface area contributed by atoms with Gasteiger partial charge in [0.2, 0.25) is 0 Å². The molecule has 1 N–H and O–H groups in total. The Morgan fingerprint density at radius 3 is 2.88 bits per heavy atom. The average molecular weight is 256 g/mol. The molecule has 0 aromatic carbocycles. The van der Waals surface area contributed by atoms with E-state index in [1.807, 2.05) is 28.7 Å². The maximum absolute atomic E-state index is 9.87. The fourth-order valence-electron chi connectivity index (χ4n) is 1.63. The number of aliphatic hydroxyl groups excluding tert-OH is 1. The lowest BCUT2D eigenvalue weighted by Crippen LogP contribution is -2.13. The van der Waals surface area contributed by atoms with Crippen LogP contribution in [0.1, 0.15) is 45.3 Å². The Bertz CT molecular complexity index is 314. The molecule has 0 radical (unpaired) electrons. The monoisotopic (exact) mass is 256 g/mol. The first-order valence-electron chi connectivity index (χ1n) is 6.47. The Labute approximate surface area is 109 Å². The normalized spacial score (nSPS) is 14.8. The lowest BCUT2D eigenvalue weighted by molar-refractivity contribution is 0.170. The van der Waals surface area contributed by atoms with Crippen molar-refractivity contribution in [2.75, 3.05) is 11.5 Å². The Morgan fingerprint density at radius 1 is 1.47 bits per heavy atom. The van der Waals surface area contributed by atoms with Crippen molar-refractivity contribution in [3.8, 4) is 0 Å². The van der Waals surface area contributed by atoms with Gasteiger partial charge in [-0.15, -0.1) is 0 Å². The minimum atomic E-state index is -0.255. The maximum atomic E-state index is 9.87. The van der Waals surface area contributed by atoms with E-state index in [9.17, 15) is 5.11 Å². The number of hydrogen-bond acceptors (Lipinski definition) is 3. The first-order chi connectivity index (χ1) is 8.17. The minimum Gasteiger partial charge on any atom is -0.393 e. The maximum Gasteiger partial charge on any atom is 0.0650 e. The van der Waals surface area contributed by atoms with Crippen molar-refractivity contribution >= 4 is 11.8 Å². The number of hydrogen-bond donors (Lipinski definition) is 1. The summed E-state index contributed by atoms with van der Waals surface area (Å²) in [5, 5.41) is 14.4. The molecule has 0 spiro atoms. The molecule has 3 nitrogen and oxygen atoms in total. The van der Waals surface area contributed by atoms with Gasteiger partial charge in [0, 0.05) is 18.7 Å². The van der Waals surface area contributed by atoms with Gasteiger partial charge in [-0.25, -0.2) is 0 Å². The van der Waals surface area contributed by atoms with Gasteiger partial charge in [0.15, 0.2) is 0 Å². The van der Waals surface area contributed by atoms with E-state index in [2.05, 4.69) is 25.9 Å². The van der Waals surface area contributed by atoms with Crippen molar-refractivity contribution in [1.82, 2.24) is 9.78 Å². The number of aromatic nitrogens is 2. The first kappa shape index (κ1) is 14.6. The van der Waals surface area contributed by atoms with Crippen LogP contribution in [0.2, 0.25) is 0 Å². The second-order valence-corrected chi connectivity index (χ2v) is 5.78. The first-order valence-corrected chi connectivity index (χ1v) is 7.62. The molecule has 0 aliphatic rings. The van der Waals surface area contributed by atoms with E-state index in [0.29, 0.717) is 12.5 Å². The van der Waals surface area contributed by atoms with Crippen LogP contribution in [0.4, 0.5) is 0 Å². The van der Waals surface area contributed by atoms with Gasteiger partial charge in [0.05, 0.1) is 11.8 Å². The molecule has 17 heavy (non-hydrogen) atoms. The summed E-state index contributed by atoms with van der Waals surface area (Å²) in [7, 11) is 0. The van der Waals surface area contributed by atoms with E-state index < -0.39 is 0 Å². The van der Waals surface area contributed by atoms with Gasteiger partial charge < -0.3 is 5.11 Å². The van der Waals surface area contributed by atoms with Gasteiger partial charge >= 0.3 is 0 Å². The van der Waals surface area contributed by atoms with Crippen LogP contribution in [0.3, 0.4) is 0 Å². The van der Waals surface area contributed by atoms with Crippen LogP contribution < -0.4 is 0 Å². The third-order valence-electron chi connectivity index (χ3n) is 2.95. The zero-order valence-electron chi connectivity index (χ0n) is 11.1. The van der Waals surface area contributed by atoms with Crippen molar-refractivity contribution in [3.63, 3.8) is 0 Å². The topological polar surface area (TPSA) is 38.0 Å². The molecule has 2 unspecified atom stereocenters.